The Balaban J connectivity index is 2.61. The number of aliphatic hydroxyl groups is 2. The summed E-state index contributed by atoms with van der Waals surface area (Å²) in [5, 5.41) is 25.0. The molecule has 0 radical (unpaired) electrons. The molecule has 0 amide bonds. The van der Waals surface area contributed by atoms with Crippen LogP contribution in [0.15, 0.2) is 77.6 Å². The molecule has 0 bridgehead atoms. The maximum atomic E-state index is 13.0. The summed E-state index contributed by atoms with van der Waals surface area (Å²) in [6.07, 6.45) is 0. The third kappa shape index (κ3) is 3.94. The smallest absolute Gasteiger partial charge is 0.120 e. The van der Waals surface area contributed by atoms with E-state index in [1.54, 1.807) is 0 Å². The Hall–Kier alpha value is -2.32. The molecule has 3 rings (SSSR count). The van der Waals surface area contributed by atoms with E-state index in [4.69, 9.17) is 0 Å². The van der Waals surface area contributed by atoms with Gasteiger partial charge in [0.05, 0.1) is 0 Å². The quantitative estimate of drug-likeness (QED) is 0.506. The summed E-state index contributed by atoms with van der Waals surface area (Å²) in [6, 6.07) is 20.3. The summed E-state index contributed by atoms with van der Waals surface area (Å²) in [6.45, 7) is 19.1. The van der Waals surface area contributed by atoms with Crippen molar-refractivity contribution in [1.82, 2.24) is 0 Å². The summed E-state index contributed by atoms with van der Waals surface area (Å²) >= 11 is 0. The van der Waals surface area contributed by atoms with Gasteiger partial charge in [0.25, 0.3) is 0 Å². The van der Waals surface area contributed by atoms with E-state index in [1.165, 1.54) is 0 Å². The molecule has 0 fully saturated rings. The van der Waals surface area contributed by atoms with Crippen molar-refractivity contribution in [3.8, 4) is 0 Å². The zero-order valence-corrected chi connectivity index (χ0v) is 21.2. The molecule has 32 heavy (non-hydrogen) atoms. The molecule has 0 saturated heterocycles. The van der Waals surface area contributed by atoms with Crippen molar-refractivity contribution in [2.24, 2.45) is 16.2 Å². The normalized spacial score (nSPS) is 23.0. The molecular formula is C30H40O2. The Morgan fingerprint density at radius 3 is 1.56 bits per heavy atom. The number of rotatable bonds is 2. The molecule has 1 aliphatic carbocycles. The van der Waals surface area contributed by atoms with Gasteiger partial charge in [0.1, 0.15) is 11.4 Å². The minimum atomic E-state index is -1.24. The molecule has 2 aromatic rings. The van der Waals surface area contributed by atoms with Crippen LogP contribution in [0.4, 0.5) is 0 Å². The summed E-state index contributed by atoms with van der Waals surface area (Å²) in [5.41, 5.74) is 2.06. The largest absolute Gasteiger partial charge is 0.508 e. The fourth-order valence-corrected chi connectivity index (χ4v) is 5.28. The van der Waals surface area contributed by atoms with Gasteiger partial charge in [-0.25, -0.2) is 0 Å². The molecule has 172 valence electrons. The number of benzene rings is 2. The first-order valence-corrected chi connectivity index (χ1v) is 11.6. The molecule has 2 unspecified atom stereocenters. The molecule has 0 aliphatic heterocycles. The lowest BCUT2D eigenvalue weighted by Crippen LogP contribution is -2.54. The molecule has 2 heteroatoms. The fraction of sp³-hybridized carbons (Fsp3) is 0.467. The van der Waals surface area contributed by atoms with Crippen molar-refractivity contribution in [2.45, 2.75) is 73.8 Å². The highest BCUT2D eigenvalue weighted by Crippen LogP contribution is 2.62. The molecule has 2 nitrogen and oxygen atoms in total. The molecular weight excluding hydrogens is 392 g/mol. The van der Waals surface area contributed by atoms with E-state index in [0.717, 1.165) is 27.8 Å². The first-order valence-electron chi connectivity index (χ1n) is 11.6. The number of hydrogen-bond donors (Lipinski definition) is 2. The lowest BCUT2D eigenvalue weighted by Gasteiger charge is -2.55. The van der Waals surface area contributed by atoms with Gasteiger partial charge in [0, 0.05) is 11.5 Å². The monoisotopic (exact) mass is 432 g/mol. The summed E-state index contributed by atoms with van der Waals surface area (Å²) in [4.78, 5) is 0. The second-order valence-corrected chi connectivity index (χ2v) is 12.2. The molecule has 0 heterocycles. The van der Waals surface area contributed by atoms with Crippen LogP contribution >= 0.6 is 0 Å². The van der Waals surface area contributed by atoms with Crippen molar-refractivity contribution in [1.29, 1.82) is 0 Å². The predicted octanol–water partition coefficient (Wildman–Crippen LogP) is 7.92. The van der Waals surface area contributed by atoms with Crippen LogP contribution in [-0.4, -0.2) is 15.8 Å². The van der Waals surface area contributed by atoms with Crippen LogP contribution in [-0.2, 0) is 0 Å². The van der Waals surface area contributed by atoms with Gasteiger partial charge in [0.2, 0.25) is 0 Å². The zero-order valence-electron chi connectivity index (χ0n) is 21.2. The van der Waals surface area contributed by atoms with Crippen LogP contribution in [0.5, 0.6) is 0 Å². The van der Waals surface area contributed by atoms with Gasteiger partial charge in [-0.1, -0.05) is 123 Å². The highest BCUT2D eigenvalue weighted by molar-refractivity contribution is 5.83. The van der Waals surface area contributed by atoms with Crippen LogP contribution in [0, 0.1) is 16.2 Å². The molecule has 1 aliphatic rings. The van der Waals surface area contributed by atoms with E-state index >= 15 is 0 Å². The van der Waals surface area contributed by atoms with Crippen LogP contribution in [0.25, 0.3) is 5.57 Å². The lowest BCUT2D eigenvalue weighted by atomic mass is 9.52. The molecule has 0 aromatic heterocycles. The highest BCUT2D eigenvalue weighted by Gasteiger charge is 2.58. The predicted molar refractivity (Wildman–Crippen MR) is 136 cm³/mol. The SMILES string of the molecule is CC(C)(C)C1=C(c2ccccc2)C(O)(C(C)(C)C)C(c2ccccc2)C(C(C)(C)C)=C1O. The Morgan fingerprint density at radius 2 is 1.16 bits per heavy atom. The van der Waals surface area contributed by atoms with Crippen molar-refractivity contribution in [3.05, 3.63) is 88.7 Å². The van der Waals surface area contributed by atoms with Gasteiger partial charge < -0.3 is 10.2 Å². The van der Waals surface area contributed by atoms with Gasteiger partial charge >= 0.3 is 0 Å². The standard InChI is InChI=1S/C30H40O2/c1-27(2,3)24-22(20-16-12-10-13-17-20)30(32,29(7,8)9)23(21-18-14-11-15-19-21)25(26(24)31)28(4,5)6/h10-19,22,31-32H,1-9H3. The second-order valence-electron chi connectivity index (χ2n) is 12.2. The van der Waals surface area contributed by atoms with Gasteiger partial charge in [-0.05, 0) is 38.5 Å². The molecule has 2 atom stereocenters. The van der Waals surface area contributed by atoms with Crippen molar-refractivity contribution < 1.29 is 10.2 Å². The molecule has 0 saturated carbocycles. The van der Waals surface area contributed by atoms with E-state index in [9.17, 15) is 10.2 Å². The average Bonchev–Trinajstić information content (AvgIpc) is 2.67. The Morgan fingerprint density at radius 1 is 0.688 bits per heavy atom. The fourth-order valence-electron chi connectivity index (χ4n) is 5.28. The topological polar surface area (TPSA) is 40.5 Å². The van der Waals surface area contributed by atoms with E-state index in [0.29, 0.717) is 5.76 Å². The Kier molecular flexibility index (Phi) is 6.02. The summed E-state index contributed by atoms with van der Waals surface area (Å²) in [5.74, 6) is -0.0587. The third-order valence-corrected chi connectivity index (χ3v) is 6.73. The molecule has 2 aromatic carbocycles. The van der Waals surface area contributed by atoms with Gasteiger partial charge in [-0.15, -0.1) is 0 Å². The number of hydrogen-bond acceptors (Lipinski definition) is 2. The molecule has 2 N–H and O–H groups in total. The Labute approximate surface area is 194 Å². The molecule has 0 spiro atoms. The third-order valence-electron chi connectivity index (χ3n) is 6.73. The zero-order chi connectivity index (χ0) is 24.1. The van der Waals surface area contributed by atoms with Crippen LogP contribution in [0.2, 0.25) is 0 Å². The van der Waals surface area contributed by atoms with Crippen molar-refractivity contribution in [2.75, 3.05) is 0 Å². The first-order chi connectivity index (χ1) is 14.6. The van der Waals surface area contributed by atoms with E-state index in [-0.39, 0.29) is 16.7 Å². The van der Waals surface area contributed by atoms with E-state index < -0.39 is 11.0 Å². The van der Waals surface area contributed by atoms with Gasteiger partial charge in [-0.3, -0.25) is 0 Å². The highest BCUT2D eigenvalue weighted by atomic mass is 16.3. The second kappa shape index (κ2) is 7.92. The maximum Gasteiger partial charge on any atom is 0.120 e. The van der Waals surface area contributed by atoms with Gasteiger partial charge in [0.15, 0.2) is 0 Å². The number of allylic oxidation sites excluding steroid dienone is 1. The first kappa shape index (κ1) is 24.3. The summed E-state index contributed by atoms with van der Waals surface area (Å²) in [7, 11) is 0. The van der Waals surface area contributed by atoms with E-state index in [1.807, 2.05) is 36.4 Å². The van der Waals surface area contributed by atoms with Crippen LogP contribution in [0.1, 0.15) is 79.4 Å². The van der Waals surface area contributed by atoms with Crippen molar-refractivity contribution >= 4 is 5.57 Å². The van der Waals surface area contributed by atoms with E-state index in [2.05, 4.69) is 86.6 Å². The lowest BCUT2D eigenvalue weighted by molar-refractivity contribution is -0.0274. The summed E-state index contributed by atoms with van der Waals surface area (Å²) < 4.78 is 0. The maximum absolute atomic E-state index is 13.0. The van der Waals surface area contributed by atoms with Crippen LogP contribution < -0.4 is 0 Å². The minimum Gasteiger partial charge on any atom is -0.508 e. The average molecular weight is 433 g/mol. The van der Waals surface area contributed by atoms with Crippen LogP contribution in [0.3, 0.4) is 0 Å². The van der Waals surface area contributed by atoms with Crippen molar-refractivity contribution in [3.63, 3.8) is 0 Å². The number of aliphatic hydroxyl groups excluding tert-OH is 1. The minimum absolute atomic E-state index is 0.326. The van der Waals surface area contributed by atoms with Gasteiger partial charge in [-0.2, -0.15) is 0 Å². The Bertz CT molecular complexity index is 1020.